The van der Waals surface area contributed by atoms with Gasteiger partial charge in [0.05, 0.1) is 29.4 Å². The maximum Gasteiger partial charge on any atom is 0.514 e. The lowest BCUT2D eigenvalue weighted by Gasteiger charge is -2.32. The van der Waals surface area contributed by atoms with E-state index in [2.05, 4.69) is 4.98 Å². The van der Waals surface area contributed by atoms with E-state index in [1.807, 2.05) is 58.0 Å². The Morgan fingerprint density at radius 3 is 2.29 bits per heavy atom. The van der Waals surface area contributed by atoms with Gasteiger partial charge in [-0.2, -0.15) is 0 Å². The molecule has 0 amide bonds. The molecule has 4 nitrogen and oxygen atoms in total. The SMILES string of the molecule is COc1ccc2nc(B3OC(C)(C)C(C)(C)O3)ccc2c1. The Bertz CT molecular complexity index is 668. The van der Waals surface area contributed by atoms with Crippen molar-refractivity contribution in [3.8, 4) is 5.75 Å². The van der Waals surface area contributed by atoms with Gasteiger partial charge in [0.15, 0.2) is 0 Å². The smallest absolute Gasteiger partial charge is 0.497 e. The Morgan fingerprint density at radius 1 is 1.00 bits per heavy atom. The van der Waals surface area contributed by atoms with Crippen molar-refractivity contribution in [2.24, 2.45) is 0 Å². The van der Waals surface area contributed by atoms with E-state index in [-0.39, 0.29) is 11.2 Å². The van der Waals surface area contributed by atoms with Crippen molar-refractivity contribution in [1.29, 1.82) is 0 Å². The molecule has 1 aromatic heterocycles. The van der Waals surface area contributed by atoms with E-state index in [0.717, 1.165) is 22.2 Å². The van der Waals surface area contributed by atoms with Gasteiger partial charge in [-0.25, -0.2) is 0 Å². The van der Waals surface area contributed by atoms with E-state index < -0.39 is 7.12 Å². The summed E-state index contributed by atoms with van der Waals surface area (Å²) in [4.78, 5) is 4.66. The molecule has 0 spiro atoms. The fourth-order valence-electron chi connectivity index (χ4n) is 2.34. The standard InChI is InChI=1S/C16H20BNO3/c1-15(2)16(3,4)21-17(20-15)14-9-6-11-10-12(19-5)7-8-13(11)18-14/h6-10H,1-5H3. The zero-order valence-electron chi connectivity index (χ0n) is 13.1. The minimum Gasteiger partial charge on any atom is -0.497 e. The Hall–Kier alpha value is -1.59. The van der Waals surface area contributed by atoms with Crippen molar-refractivity contribution >= 4 is 23.6 Å². The minimum atomic E-state index is -0.429. The monoisotopic (exact) mass is 285 g/mol. The van der Waals surface area contributed by atoms with Gasteiger partial charge < -0.3 is 14.0 Å². The topological polar surface area (TPSA) is 40.6 Å². The Morgan fingerprint density at radius 2 is 1.67 bits per heavy atom. The third kappa shape index (κ3) is 2.41. The van der Waals surface area contributed by atoms with Crippen LogP contribution < -0.4 is 10.3 Å². The highest BCUT2D eigenvalue weighted by Crippen LogP contribution is 2.36. The summed E-state index contributed by atoms with van der Waals surface area (Å²) in [6.45, 7) is 8.16. The van der Waals surface area contributed by atoms with Crippen LogP contribution in [0.3, 0.4) is 0 Å². The first kappa shape index (κ1) is 14.4. The molecule has 0 N–H and O–H groups in total. The lowest BCUT2D eigenvalue weighted by molar-refractivity contribution is 0.00578. The summed E-state index contributed by atoms with van der Waals surface area (Å²) in [6.07, 6.45) is 0. The fraction of sp³-hybridized carbons (Fsp3) is 0.438. The van der Waals surface area contributed by atoms with E-state index in [1.165, 1.54) is 0 Å². The molecule has 1 fully saturated rings. The van der Waals surface area contributed by atoms with Crippen LogP contribution in [0.5, 0.6) is 5.75 Å². The van der Waals surface area contributed by atoms with Crippen LogP contribution in [0.25, 0.3) is 10.9 Å². The maximum absolute atomic E-state index is 6.03. The lowest BCUT2D eigenvalue weighted by atomic mass is 9.84. The molecule has 0 unspecified atom stereocenters. The van der Waals surface area contributed by atoms with E-state index in [4.69, 9.17) is 14.0 Å². The van der Waals surface area contributed by atoms with E-state index in [1.54, 1.807) is 7.11 Å². The third-order valence-corrected chi connectivity index (χ3v) is 4.41. The summed E-state index contributed by atoms with van der Waals surface area (Å²) in [7, 11) is 1.23. The molecule has 1 aliphatic rings. The van der Waals surface area contributed by atoms with Crippen LogP contribution in [-0.4, -0.2) is 30.4 Å². The number of ether oxygens (including phenoxy) is 1. The van der Waals surface area contributed by atoms with Crippen molar-refractivity contribution in [2.75, 3.05) is 7.11 Å². The average molecular weight is 285 g/mol. The number of hydrogen-bond acceptors (Lipinski definition) is 4. The molecule has 5 heteroatoms. The second-order valence-electron chi connectivity index (χ2n) is 6.38. The molecule has 2 heterocycles. The minimum absolute atomic E-state index is 0.353. The molecule has 1 aromatic carbocycles. The van der Waals surface area contributed by atoms with E-state index >= 15 is 0 Å². The number of hydrogen-bond donors (Lipinski definition) is 0. The van der Waals surface area contributed by atoms with Crippen LogP contribution in [0.2, 0.25) is 0 Å². The molecule has 1 saturated heterocycles. The number of aromatic nitrogens is 1. The Kier molecular flexibility index (Phi) is 3.22. The predicted octanol–water partition coefficient (Wildman–Crippen LogP) is 2.54. The average Bonchev–Trinajstić information content (AvgIpc) is 2.66. The molecule has 0 saturated carbocycles. The highest BCUT2D eigenvalue weighted by atomic mass is 16.7. The van der Waals surface area contributed by atoms with Crippen LogP contribution in [0.15, 0.2) is 30.3 Å². The van der Waals surface area contributed by atoms with Crippen LogP contribution in [0, 0.1) is 0 Å². The molecule has 0 atom stereocenters. The first-order valence-electron chi connectivity index (χ1n) is 7.13. The normalized spacial score (nSPS) is 20.0. The van der Waals surface area contributed by atoms with Crippen LogP contribution in [0.1, 0.15) is 27.7 Å². The number of nitrogens with zero attached hydrogens (tertiary/aromatic N) is 1. The number of rotatable bonds is 2. The van der Waals surface area contributed by atoms with Gasteiger partial charge in [0.1, 0.15) is 5.75 Å². The van der Waals surface area contributed by atoms with Crippen molar-refractivity contribution < 1.29 is 14.0 Å². The van der Waals surface area contributed by atoms with Gasteiger partial charge >= 0.3 is 7.12 Å². The second kappa shape index (κ2) is 4.72. The third-order valence-electron chi connectivity index (χ3n) is 4.41. The molecule has 0 bridgehead atoms. The summed E-state index contributed by atoms with van der Waals surface area (Å²) in [6, 6.07) is 9.79. The van der Waals surface area contributed by atoms with Crippen molar-refractivity contribution in [1.82, 2.24) is 4.98 Å². The van der Waals surface area contributed by atoms with Gasteiger partial charge in [0.2, 0.25) is 0 Å². The summed E-state index contributed by atoms with van der Waals surface area (Å²) in [5.41, 5.74) is 0.997. The molecular formula is C16H20BNO3. The summed E-state index contributed by atoms with van der Waals surface area (Å²) >= 11 is 0. The first-order chi connectivity index (χ1) is 9.82. The largest absolute Gasteiger partial charge is 0.514 e. The highest BCUT2D eigenvalue weighted by Gasteiger charge is 2.52. The maximum atomic E-state index is 6.03. The molecule has 110 valence electrons. The van der Waals surface area contributed by atoms with Crippen molar-refractivity contribution in [3.63, 3.8) is 0 Å². The molecule has 2 aromatic rings. The van der Waals surface area contributed by atoms with E-state index in [9.17, 15) is 0 Å². The van der Waals surface area contributed by atoms with Gasteiger partial charge in [0.25, 0.3) is 0 Å². The zero-order valence-corrected chi connectivity index (χ0v) is 13.1. The highest BCUT2D eigenvalue weighted by molar-refractivity contribution is 6.61. The van der Waals surface area contributed by atoms with E-state index in [0.29, 0.717) is 0 Å². The Balaban J connectivity index is 1.96. The molecule has 1 aliphatic heterocycles. The lowest BCUT2D eigenvalue weighted by Crippen LogP contribution is -2.41. The molecule has 3 rings (SSSR count). The van der Waals surface area contributed by atoms with Crippen molar-refractivity contribution in [3.05, 3.63) is 30.3 Å². The number of fused-ring (bicyclic) bond motifs is 1. The fourth-order valence-corrected chi connectivity index (χ4v) is 2.34. The van der Waals surface area contributed by atoms with Crippen LogP contribution in [0.4, 0.5) is 0 Å². The predicted molar refractivity (Wildman–Crippen MR) is 84.0 cm³/mol. The number of benzene rings is 1. The summed E-state index contributed by atoms with van der Waals surface area (Å²) in [5, 5.41) is 1.04. The first-order valence-corrected chi connectivity index (χ1v) is 7.13. The molecule has 0 aliphatic carbocycles. The number of pyridine rings is 1. The second-order valence-corrected chi connectivity index (χ2v) is 6.38. The quantitative estimate of drug-likeness (QED) is 0.795. The van der Waals surface area contributed by atoms with Gasteiger partial charge in [-0.05, 0) is 52.0 Å². The zero-order chi connectivity index (χ0) is 15.3. The van der Waals surface area contributed by atoms with Crippen molar-refractivity contribution in [2.45, 2.75) is 38.9 Å². The molecule has 0 radical (unpaired) electrons. The van der Waals surface area contributed by atoms with Gasteiger partial charge in [-0.15, -0.1) is 0 Å². The molecule has 21 heavy (non-hydrogen) atoms. The number of methoxy groups -OCH3 is 1. The van der Waals surface area contributed by atoms with Crippen LogP contribution in [-0.2, 0) is 9.31 Å². The van der Waals surface area contributed by atoms with Gasteiger partial charge in [-0.3, -0.25) is 4.98 Å². The van der Waals surface area contributed by atoms with Gasteiger partial charge in [-0.1, -0.05) is 6.07 Å². The molecular weight excluding hydrogens is 265 g/mol. The van der Waals surface area contributed by atoms with Crippen LogP contribution >= 0.6 is 0 Å². The van der Waals surface area contributed by atoms with Gasteiger partial charge in [0, 0.05) is 5.39 Å². The summed E-state index contributed by atoms with van der Waals surface area (Å²) in [5.74, 6) is 0.827. The summed E-state index contributed by atoms with van der Waals surface area (Å²) < 4.78 is 17.3. The Labute approximate surface area is 125 Å².